The molecule has 3 aromatic rings. The largest absolute Gasteiger partial charge is 0.493 e. The van der Waals surface area contributed by atoms with E-state index in [1.807, 2.05) is 18.2 Å². The van der Waals surface area contributed by atoms with Crippen LogP contribution in [0.5, 0.6) is 17.4 Å². The minimum absolute atomic E-state index is 0.195. The average Bonchev–Trinajstić information content (AvgIpc) is 3.23. The Morgan fingerprint density at radius 2 is 2.00 bits per heavy atom. The lowest BCUT2D eigenvalue weighted by atomic mass is 10.1. The maximum atomic E-state index is 5.88. The van der Waals surface area contributed by atoms with Crippen molar-refractivity contribution in [2.45, 2.75) is 19.5 Å². The molecule has 0 aliphatic heterocycles. The molecule has 1 N–H and O–H groups in total. The van der Waals surface area contributed by atoms with E-state index in [1.54, 1.807) is 25.6 Å². The summed E-state index contributed by atoms with van der Waals surface area (Å²) in [4.78, 5) is 5.95. The zero-order chi connectivity index (χ0) is 20.1. The summed E-state index contributed by atoms with van der Waals surface area (Å²) in [6.07, 6.45) is 0. The Kier molecular flexibility index (Phi) is 6.78. The van der Waals surface area contributed by atoms with Crippen molar-refractivity contribution < 1.29 is 14.2 Å². The van der Waals surface area contributed by atoms with E-state index >= 15 is 0 Å². The molecule has 0 saturated carbocycles. The lowest BCUT2D eigenvalue weighted by molar-refractivity contribution is 0.340. The summed E-state index contributed by atoms with van der Waals surface area (Å²) < 4.78 is 16.6. The van der Waals surface area contributed by atoms with Crippen LogP contribution in [-0.4, -0.2) is 25.8 Å². The van der Waals surface area contributed by atoms with Crippen molar-refractivity contribution >= 4 is 33.8 Å². The van der Waals surface area contributed by atoms with Crippen LogP contribution >= 0.6 is 22.9 Å². The van der Waals surface area contributed by atoms with Crippen LogP contribution in [0, 0.1) is 0 Å². The number of aromatic nitrogens is 1. The predicted octanol–water partition coefficient (Wildman–Crippen LogP) is 5.30. The van der Waals surface area contributed by atoms with E-state index in [2.05, 4.69) is 41.3 Å². The maximum Gasteiger partial charge on any atom is 0.218 e. The Morgan fingerprint density at radius 1 is 1.25 bits per heavy atom. The maximum absolute atomic E-state index is 5.88. The van der Waals surface area contributed by atoms with E-state index in [0.29, 0.717) is 29.0 Å². The van der Waals surface area contributed by atoms with Gasteiger partial charge in [-0.25, -0.2) is 4.98 Å². The van der Waals surface area contributed by atoms with Crippen LogP contribution in [0.2, 0.25) is 0 Å². The highest BCUT2D eigenvalue weighted by atomic mass is 35.5. The molecule has 2 heterocycles. The van der Waals surface area contributed by atoms with Crippen molar-refractivity contribution in [2.75, 3.05) is 20.8 Å². The van der Waals surface area contributed by atoms with Gasteiger partial charge in [0.2, 0.25) is 5.88 Å². The average molecular weight is 419 g/mol. The Morgan fingerprint density at radius 3 is 2.64 bits per heavy atom. The molecule has 28 heavy (non-hydrogen) atoms. The summed E-state index contributed by atoms with van der Waals surface area (Å²) in [6.45, 7) is 6.61. The number of hydrogen-bond acceptors (Lipinski definition) is 6. The summed E-state index contributed by atoms with van der Waals surface area (Å²) in [5.41, 5.74) is 1.68. The van der Waals surface area contributed by atoms with E-state index in [4.69, 9.17) is 25.8 Å². The van der Waals surface area contributed by atoms with Crippen LogP contribution in [0.25, 0.3) is 10.9 Å². The van der Waals surface area contributed by atoms with E-state index in [1.165, 1.54) is 4.88 Å². The second-order valence-corrected chi connectivity index (χ2v) is 7.79. The number of hydrogen-bond donors (Lipinski definition) is 1. The minimum atomic E-state index is 0.195. The Balaban J connectivity index is 1.94. The Hall–Kier alpha value is -2.28. The summed E-state index contributed by atoms with van der Waals surface area (Å²) in [5.74, 6) is 1.80. The lowest BCUT2D eigenvalue weighted by Gasteiger charge is -2.16. The SMILES string of the molecule is C=C(Cl)COc1nc2cc(OC)c(OC)cc2cc1CNC(C)c1cccs1. The molecule has 0 bridgehead atoms. The molecule has 0 fully saturated rings. The van der Waals surface area contributed by atoms with Gasteiger partial charge >= 0.3 is 0 Å². The second-order valence-electron chi connectivity index (χ2n) is 6.28. The summed E-state index contributed by atoms with van der Waals surface area (Å²) in [5, 5.41) is 6.96. The van der Waals surface area contributed by atoms with Gasteiger partial charge < -0.3 is 19.5 Å². The molecule has 7 heteroatoms. The molecule has 0 saturated heterocycles. The zero-order valence-electron chi connectivity index (χ0n) is 16.1. The molecule has 0 radical (unpaired) electrons. The molecule has 1 aromatic carbocycles. The number of pyridine rings is 1. The van der Waals surface area contributed by atoms with Gasteiger partial charge in [0.25, 0.3) is 0 Å². The van der Waals surface area contributed by atoms with Crippen LogP contribution in [0.4, 0.5) is 0 Å². The van der Waals surface area contributed by atoms with Gasteiger partial charge in [-0.15, -0.1) is 11.3 Å². The molecule has 0 aliphatic carbocycles. The fourth-order valence-electron chi connectivity index (χ4n) is 2.83. The smallest absolute Gasteiger partial charge is 0.218 e. The van der Waals surface area contributed by atoms with Gasteiger partial charge in [-0.05, 0) is 30.5 Å². The topological polar surface area (TPSA) is 52.6 Å². The first-order valence-electron chi connectivity index (χ1n) is 8.80. The van der Waals surface area contributed by atoms with Gasteiger partial charge in [0, 0.05) is 39.5 Å². The van der Waals surface area contributed by atoms with Crippen molar-refractivity contribution in [3.8, 4) is 17.4 Å². The molecule has 1 atom stereocenters. The van der Waals surface area contributed by atoms with Gasteiger partial charge in [-0.3, -0.25) is 0 Å². The number of benzene rings is 1. The van der Waals surface area contributed by atoms with Gasteiger partial charge in [-0.2, -0.15) is 0 Å². The van der Waals surface area contributed by atoms with E-state index < -0.39 is 0 Å². The Labute approximate surface area is 173 Å². The van der Waals surface area contributed by atoms with Crippen LogP contribution in [0.1, 0.15) is 23.4 Å². The molecule has 0 amide bonds. The number of ether oxygens (including phenoxy) is 3. The molecular weight excluding hydrogens is 396 g/mol. The number of rotatable bonds is 9. The molecule has 0 aliphatic rings. The first kappa shape index (κ1) is 20.5. The fourth-order valence-corrected chi connectivity index (χ4v) is 3.64. The summed E-state index contributed by atoms with van der Waals surface area (Å²) in [6, 6.07) is 10.2. The Bertz CT molecular complexity index is 960. The highest BCUT2D eigenvalue weighted by molar-refractivity contribution is 7.10. The molecule has 0 spiro atoms. The van der Waals surface area contributed by atoms with Crippen LogP contribution in [0.15, 0.2) is 47.3 Å². The van der Waals surface area contributed by atoms with E-state index in [9.17, 15) is 0 Å². The molecule has 5 nitrogen and oxygen atoms in total. The highest BCUT2D eigenvalue weighted by Gasteiger charge is 2.14. The third-order valence-corrected chi connectivity index (χ3v) is 5.46. The standard InChI is InChI=1S/C21H23ClN2O3S/c1-13(22)12-27-21-16(11-23-14(2)20-6-5-7-28-20)8-15-9-18(25-3)19(26-4)10-17(15)24-21/h5-10,14,23H,1,11-12H2,2-4H3. The van der Waals surface area contributed by atoms with Crippen molar-refractivity contribution in [2.24, 2.45) is 0 Å². The number of methoxy groups -OCH3 is 2. The van der Waals surface area contributed by atoms with Crippen LogP contribution in [-0.2, 0) is 6.54 Å². The van der Waals surface area contributed by atoms with Crippen molar-refractivity contribution in [1.82, 2.24) is 10.3 Å². The fraction of sp³-hybridized carbons (Fsp3) is 0.286. The zero-order valence-corrected chi connectivity index (χ0v) is 17.7. The van der Waals surface area contributed by atoms with Gasteiger partial charge in [0.1, 0.15) is 6.61 Å². The van der Waals surface area contributed by atoms with Crippen molar-refractivity contribution in [1.29, 1.82) is 0 Å². The van der Waals surface area contributed by atoms with Crippen molar-refractivity contribution in [3.05, 3.63) is 57.8 Å². The van der Waals surface area contributed by atoms with Crippen LogP contribution < -0.4 is 19.5 Å². The molecular formula is C21H23ClN2O3S. The highest BCUT2D eigenvalue weighted by Crippen LogP contribution is 2.34. The number of nitrogens with zero attached hydrogens (tertiary/aromatic N) is 1. The van der Waals surface area contributed by atoms with Gasteiger partial charge in [0.05, 0.1) is 19.7 Å². The monoisotopic (exact) mass is 418 g/mol. The predicted molar refractivity (Wildman–Crippen MR) is 115 cm³/mol. The quantitative estimate of drug-likeness (QED) is 0.511. The number of halogens is 1. The van der Waals surface area contributed by atoms with E-state index in [-0.39, 0.29) is 12.6 Å². The molecule has 1 unspecified atom stereocenters. The lowest BCUT2D eigenvalue weighted by Crippen LogP contribution is -2.18. The summed E-state index contributed by atoms with van der Waals surface area (Å²) in [7, 11) is 3.22. The van der Waals surface area contributed by atoms with E-state index in [0.717, 1.165) is 16.5 Å². The third-order valence-electron chi connectivity index (χ3n) is 4.29. The first-order chi connectivity index (χ1) is 13.5. The normalized spacial score (nSPS) is 12.0. The minimum Gasteiger partial charge on any atom is -0.493 e. The number of nitrogens with one attached hydrogen (secondary N) is 1. The molecule has 2 aromatic heterocycles. The third kappa shape index (κ3) is 4.76. The first-order valence-corrected chi connectivity index (χ1v) is 10.1. The van der Waals surface area contributed by atoms with Gasteiger partial charge in [0.15, 0.2) is 11.5 Å². The van der Waals surface area contributed by atoms with Gasteiger partial charge in [-0.1, -0.05) is 24.2 Å². The second kappa shape index (κ2) is 9.28. The number of thiophene rings is 1. The number of fused-ring (bicyclic) bond motifs is 1. The molecule has 3 rings (SSSR count). The van der Waals surface area contributed by atoms with Crippen molar-refractivity contribution in [3.63, 3.8) is 0 Å². The van der Waals surface area contributed by atoms with Crippen LogP contribution in [0.3, 0.4) is 0 Å². The molecule has 148 valence electrons. The summed E-state index contributed by atoms with van der Waals surface area (Å²) >= 11 is 7.61.